The van der Waals surface area contributed by atoms with Gasteiger partial charge >= 0.3 is 0 Å². The molecule has 1 saturated carbocycles. The molecule has 0 radical (unpaired) electrons. The van der Waals surface area contributed by atoms with Crippen molar-refractivity contribution >= 4 is 27.1 Å². The van der Waals surface area contributed by atoms with E-state index in [9.17, 15) is 13.2 Å². The largest absolute Gasteiger partial charge is 0.372 e. The van der Waals surface area contributed by atoms with Gasteiger partial charge in [-0.25, -0.2) is 8.42 Å². The smallest absolute Gasteiger partial charge is 0.247 e. The second-order valence-corrected chi connectivity index (χ2v) is 7.94. The molecule has 2 aliphatic rings. The van der Waals surface area contributed by atoms with Crippen LogP contribution >= 0.6 is 0 Å². The number of amides is 1. The highest BCUT2D eigenvalue weighted by Gasteiger charge is 2.34. The maximum Gasteiger partial charge on any atom is 0.247 e. The molecular weight excluding hydrogens is 288 g/mol. The Morgan fingerprint density at radius 3 is 2.52 bits per heavy atom. The molecule has 0 bridgehead atoms. The number of benzene rings is 1. The molecule has 1 aromatic carbocycles. The van der Waals surface area contributed by atoms with E-state index in [1.807, 2.05) is 6.07 Å². The molecule has 0 aromatic heterocycles. The van der Waals surface area contributed by atoms with Crippen molar-refractivity contribution in [2.45, 2.75) is 43.0 Å². The fourth-order valence-electron chi connectivity index (χ4n) is 3.32. The number of rotatable bonds is 2. The lowest BCUT2D eigenvalue weighted by Crippen LogP contribution is -2.45. The van der Waals surface area contributed by atoms with Gasteiger partial charge in [-0.3, -0.25) is 4.79 Å². The minimum absolute atomic E-state index is 0.120. The molecule has 114 valence electrons. The molecule has 0 spiro atoms. The van der Waals surface area contributed by atoms with Crippen molar-refractivity contribution in [3.05, 3.63) is 18.2 Å². The van der Waals surface area contributed by atoms with Crippen LogP contribution in [0.3, 0.4) is 0 Å². The second-order valence-electron chi connectivity index (χ2n) is 5.96. The zero-order valence-electron chi connectivity index (χ0n) is 12.1. The van der Waals surface area contributed by atoms with Gasteiger partial charge in [0.05, 0.1) is 16.3 Å². The van der Waals surface area contributed by atoms with Crippen LogP contribution in [0.4, 0.5) is 11.4 Å². The molecule has 3 rings (SSSR count). The fourth-order valence-corrected chi connectivity index (χ4v) is 4.18. The standard InChI is InChI=1S/C15H20N2O3S/c1-21(19,20)12-9-5-8-11-14(12)17-15(18)13(16-11)10-6-3-2-4-7-10/h5,8-10,13,16H,2-4,6-7H2,1H3,(H,17,18). The van der Waals surface area contributed by atoms with Crippen molar-refractivity contribution in [2.75, 3.05) is 16.9 Å². The first kappa shape index (κ1) is 14.4. The van der Waals surface area contributed by atoms with Crippen molar-refractivity contribution < 1.29 is 13.2 Å². The third-order valence-electron chi connectivity index (χ3n) is 4.39. The normalized spacial score (nSPS) is 23.1. The minimum Gasteiger partial charge on any atom is -0.372 e. The lowest BCUT2D eigenvalue weighted by atomic mass is 9.83. The highest BCUT2D eigenvalue weighted by atomic mass is 32.2. The van der Waals surface area contributed by atoms with Gasteiger partial charge in [0.25, 0.3) is 0 Å². The molecule has 1 aliphatic heterocycles. The predicted octanol–water partition coefficient (Wildman–Crippen LogP) is 2.40. The molecule has 0 saturated heterocycles. The van der Waals surface area contributed by atoms with Gasteiger partial charge in [-0.1, -0.05) is 25.3 Å². The number of hydrogen-bond donors (Lipinski definition) is 2. The first-order valence-electron chi connectivity index (χ1n) is 7.37. The predicted molar refractivity (Wildman–Crippen MR) is 82.2 cm³/mol. The fraction of sp³-hybridized carbons (Fsp3) is 0.533. The van der Waals surface area contributed by atoms with Crippen molar-refractivity contribution in [1.82, 2.24) is 0 Å². The van der Waals surface area contributed by atoms with Gasteiger partial charge in [0, 0.05) is 6.26 Å². The van der Waals surface area contributed by atoms with Crippen molar-refractivity contribution in [3.8, 4) is 0 Å². The molecule has 6 heteroatoms. The minimum atomic E-state index is -3.36. The molecule has 1 fully saturated rings. The van der Waals surface area contributed by atoms with E-state index in [4.69, 9.17) is 0 Å². The van der Waals surface area contributed by atoms with Gasteiger partial charge in [0.1, 0.15) is 6.04 Å². The summed E-state index contributed by atoms with van der Waals surface area (Å²) in [5.41, 5.74) is 1.09. The molecule has 21 heavy (non-hydrogen) atoms. The Balaban J connectivity index is 1.94. The van der Waals surface area contributed by atoms with E-state index in [1.165, 1.54) is 12.5 Å². The monoisotopic (exact) mass is 308 g/mol. The zero-order valence-corrected chi connectivity index (χ0v) is 12.9. The Hall–Kier alpha value is -1.56. The summed E-state index contributed by atoms with van der Waals surface area (Å²) in [4.78, 5) is 12.5. The molecule has 1 heterocycles. The van der Waals surface area contributed by atoms with Crippen molar-refractivity contribution in [1.29, 1.82) is 0 Å². The van der Waals surface area contributed by atoms with E-state index in [1.54, 1.807) is 6.07 Å². The van der Waals surface area contributed by atoms with Crippen LogP contribution in [-0.2, 0) is 14.6 Å². The molecule has 5 nitrogen and oxygen atoms in total. The summed E-state index contributed by atoms with van der Waals surface area (Å²) in [6.45, 7) is 0. The van der Waals surface area contributed by atoms with E-state index < -0.39 is 9.84 Å². The van der Waals surface area contributed by atoms with E-state index in [2.05, 4.69) is 10.6 Å². The number of anilines is 2. The molecular formula is C15H20N2O3S. The van der Waals surface area contributed by atoms with Crippen LogP contribution in [0.2, 0.25) is 0 Å². The lowest BCUT2D eigenvalue weighted by molar-refractivity contribution is -0.118. The van der Waals surface area contributed by atoms with E-state index in [-0.39, 0.29) is 16.8 Å². The highest BCUT2D eigenvalue weighted by Crippen LogP contribution is 2.37. The number of fused-ring (bicyclic) bond motifs is 1. The number of carbonyl (C=O) groups is 1. The molecule has 2 N–H and O–H groups in total. The first-order chi connectivity index (χ1) is 9.97. The van der Waals surface area contributed by atoms with Crippen LogP contribution in [0.1, 0.15) is 32.1 Å². The first-order valence-corrected chi connectivity index (χ1v) is 9.26. The van der Waals surface area contributed by atoms with E-state index in [0.29, 0.717) is 17.3 Å². The quantitative estimate of drug-likeness (QED) is 0.879. The van der Waals surface area contributed by atoms with Gasteiger partial charge in [-0.2, -0.15) is 0 Å². The third kappa shape index (κ3) is 2.77. The SMILES string of the molecule is CS(=O)(=O)c1cccc2c1NC(=O)C(C1CCCCC1)N2. The van der Waals surface area contributed by atoms with E-state index >= 15 is 0 Å². The summed E-state index contributed by atoms with van der Waals surface area (Å²) in [6, 6.07) is 4.79. The lowest BCUT2D eigenvalue weighted by Gasteiger charge is -2.35. The number of nitrogens with one attached hydrogen (secondary N) is 2. The Morgan fingerprint density at radius 2 is 1.86 bits per heavy atom. The average molecular weight is 308 g/mol. The van der Waals surface area contributed by atoms with Crippen LogP contribution < -0.4 is 10.6 Å². The van der Waals surface area contributed by atoms with E-state index in [0.717, 1.165) is 31.9 Å². The molecule has 1 aliphatic carbocycles. The zero-order chi connectivity index (χ0) is 15.0. The Morgan fingerprint density at radius 1 is 1.14 bits per heavy atom. The summed E-state index contributed by atoms with van der Waals surface area (Å²) in [5.74, 6) is 0.208. The Labute approximate surface area is 125 Å². The Kier molecular flexibility index (Phi) is 3.65. The van der Waals surface area contributed by atoms with Crippen LogP contribution in [0.5, 0.6) is 0 Å². The maximum absolute atomic E-state index is 12.4. The summed E-state index contributed by atoms with van der Waals surface area (Å²) in [6.07, 6.45) is 6.80. The number of para-hydroxylation sites is 1. The van der Waals surface area contributed by atoms with Gasteiger partial charge in [0.2, 0.25) is 5.91 Å². The molecule has 1 atom stereocenters. The van der Waals surface area contributed by atoms with Crippen molar-refractivity contribution in [3.63, 3.8) is 0 Å². The van der Waals surface area contributed by atoms with Crippen LogP contribution in [0.25, 0.3) is 0 Å². The molecule has 1 unspecified atom stereocenters. The highest BCUT2D eigenvalue weighted by molar-refractivity contribution is 7.90. The summed E-state index contributed by atoms with van der Waals surface area (Å²) in [5, 5.41) is 6.05. The number of carbonyl (C=O) groups excluding carboxylic acids is 1. The van der Waals surface area contributed by atoms with Crippen LogP contribution in [0, 0.1) is 5.92 Å². The maximum atomic E-state index is 12.4. The third-order valence-corrected chi connectivity index (χ3v) is 5.53. The molecule has 1 amide bonds. The average Bonchev–Trinajstić information content (AvgIpc) is 2.46. The van der Waals surface area contributed by atoms with Crippen molar-refractivity contribution in [2.24, 2.45) is 5.92 Å². The summed E-state index contributed by atoms with van der Waals surface area (Å²) >= 11 is 0. The topological polar surface area (TPSA) is 75.3 Å². The van der Waals surface area contributed by atoms with Gasteiger partial charge in [0.15, 0.2) is 9.84 Å². The van der Waals surface area contributed by atoms with Crippen LogP contribution in [-0.4, -0.2) is 26.6 Å². The van der Waals surface area contributed by atoms with Gasteiger partial charge < -0.3 is 10.6 Å². The molecule has 1 aromatic rings. The summed E-state index contributed by atoms with van der Waals surface area (Å²) in [7, 11) is -3.36. The number of hydrogen-bond acceptors (Lipinski definition) is 4. The Bertz CT molecular complexity index is 663. The second kappa shape index (κ2) is 5.33. The summed E-state index contributed by atoms with van der Waals surface area (Å²) < 4.78 is 23.6. The van der Waals surface area contributed by atoms with Gasteiger partial charge in [-0.15, -0.1) is 0 Å². The van der Waals surface area contributed by atoms with Crippen LogP contribution in [0.15, 0.2) is 23.1 Å². The van der Waals surface area contributed by atoms with Gasteiger partial charge in [-0.05, 0) is 30.9 Å². The number of sulfone groups is 1.